The van der Waals surface area contributed by atoms with Gasteiger partial charge in [0.1, 0.15) is 0 Å². The molecular formula is C11H26N2O. The smallest absolute Gasteiger partial charge is 0.0431 e. The highest BCUT2D eigenvalue weighted by Gasteiger charge is 2.05. The van der Waals surface area contributed by atoms with Crippen LogP contribution in [0.3, 0.4) is 0 Å². The molecule has 0 aliphatic heterocycles. The molecule has 0 radical (unpaired) electrons. The Morgan fingerprint density at radius 2 is 1.86 bits per heavy atom. The fourth-order valence-electron chi connectivity index (χ4n) is 1.52. The third kappa shape index (κ3) is 7.30. The SMILES string of the molecule is CCN(CC)CC(C)NCCCCO. The zero-order valence-corrected chi connectivity index (χ0v) is 9.92. The average Bonchev–Trinajstić information content (AvgIpc) is 2.21. The maximum atomic E-state index is 8.62. The predicted octanol–water partition coefficient (Wildman–Crippen LogP) is 1.08. The highest BCUT2D eigenvalue weighted by Crippen LogP contribution is 1.92. The Hall–Kier alpha value is -0.120. The maximum Gasteiger partial charge on any atom is 0.0431 e. The molecule has 0 saturated heterocycles. The number of aliphatic hydroxyl groups is 1. The second-order valence-corrected chi connectivity index (χ2v) is 3.77. The van der Waals surface area contributed by atoms with Crippen LogP contribution in [0.1, 0.15) is 33.6 Å². The number of rotatable bonds is 9. The van der Waals surface area contributed by atoms with Crippen LogP contribution in [0.4, 0.5) is 0 Å². The van der Waals surface area contributed by atoms with Gasteiger partial charge in [0.2, 0.25) is 0 Å². The van der Waals surface area contributed by atoms with Crippen LogP contribution in [-0.2, 0) is 0 Å². The molecule has 0 aliphatic carbocycles. The maximum absolute atomic E-state index is 8.62. The van der Waals surface area contributed by atoms with Gasteiger partial charge in [-0.2, -0.15) is 0 Å². The van der Waals surface area contributed by atoms with Gasteiger partial charge in [0.25, 0.3) is 0 Å². The molecule has 0 bridgehead atoms. The van der Waals surface area contributed by atoms with E-state index in [9.17, 15) is 0 Å². The van der Waals surface area contributed by atoms with Crippen molar-refractivity contribution in [2.75, 3.05) is 32.8 Å². The van der Waals surface area contributed by atoms with E-state index in [2.05, 4.69) is 31.0 Å². The molecule has 0 heterocycles. The predicted molar refractivity (Wildman–Crippen MR) is 61.6 cm³/mol. The molecule has 0 aromatic heterocycles. The van der Waals surface area contributed by atoms with E-state index in [-0.39, 0.29) is 0 Å². The van der Waals surface area contributed by atoms with E-state index in [0.717, 1.165) is 39.0 Å². The largest absolute Gasteiger partial charge is 0.396 e. The van der Waals surface area contributed by atoms with Crippen LogP contribution >= 0.6 is 0 Å². The van der Waals surface area contributed by atoms with Crippen molar-refractivity contribution in [3.63, 3.8) is 0 Å². The first-order chi connectivity index (χ1) is 6.74. The Bertz CT molecular complexity index is 116. The highest BCUT2D eigenvalue weighted by atomic mass is 16.2. The van der Waals surface area contributed by atoms with Crippen molar-refractivity contribution in [2.24, 2.45) is 0 Å². The van der Waals surface area contributed by atoms with Crippen molar-refractivity contribution in [3.05, 3.63) is 0 Å². The number of likely N-dealkylation sites (N-methyl/N-ethyl adjacent to an activating group) is 1. The summed E-state index contributed by atoms with van der Waals surface area (Å²) in [5.74, 6) is 0. The van der Waals surface area contributed by atoms with Crippen LogP contribution in [0.25, 0.3) is 0 Å². The van der Waals surface area contributed by atoms with Gasteiger partial charge in [-0.1, -0.05) is 13.8 Å². The van der Waals surface area contributed by atoms with E-state index in [1.165, 1.54) is 0 Å². The summed E-state index contributed by atoms with van der Waals surface area (Å²) in [5, 5.41) is 12.1. The lowest BCUT2D eigenvalue weighted by Gasteiger charge is -2.23. The molecule has 0 amide bonds. The van der Waals surface area contributed by atoms with Crippen molar-refractivity contribution in [1.82, 2.24) is 10.2 Å². The molecule has 0 saturated carbocycles. The standard InChI is InChI=1S/C11H26N2O/c1-4-13(5-2)10-11(3)12-8-6-7-9-14/h11-12,14H,4-10H2,1-3H3. The molecule has 1 unspecified atom stereocenters. The molecule has 0 aromatic rings. The van der Waals surface area contributed by atoms with Gasteiger partial charge in [0.15, 0.2) is 0 Å². The number of nitrogens with one attached hydrogen (secondary N) is 1. The van der Waals surface area contributed by atoms with Crippen LogP contribution in [0.5, 0.6) is 0 Å². The zero-order chi connectivity index (χ0) is 10.8. The normalized spacial score (nSPS) is 13.5. The lowest BCUT2D eigenvalue weighted by molar-refractivity contribution is 0.264. The summed E-state index contributed by atoms with van der Waals surface area (Å²) in [5.41, 5.74) is 0. The molecule has 0 fully saturated rings. The first-order valence-corrected chi connectivity index (χ1v) is 5.81. The topological polar surface area (TPSA) is 35.5 Å². The third-order valence-electron chi connectivity index (χ3n) is 2.50. The van der Waals surface area contributed by atoms with Crippen LogP contribution in [0.2, 0.25) is 0 Å². The molecule has 3 heteroatoms. The van der Waals surface area contributed by atoms with Crippen LogP contribution < -0.4 is 5.32 Å². The summed E-state index contributed by atoms with van der Waals surface area (Å²) in [7, 11) is 0. The minimum atomic E-state index is 0.312. The summed E-state index contributed by atoms with van der Waals surface area (Å²) in [4.78, 5) is 2.42. The molecule has 0 rings (SSSR count). The van der Waals surface area contributed by atoms with Gasteiger partial charge in [0, 0.05) is 19.2 Å². The van der Waals surface area contributed by atoms with Gasteiger partial charge in [-0.15, -0.1) is 0 Å². The number of hydrogen-bond donors (Lipinski definition) is 2. The molecule has 86 valence electrons. The summed E-state index contributed by atoms with van der Waals surface area (Å²) in [6.07, 6.45) is 1.98. The van der Waals surface area contributed by atoms with Crippen molar-refractivity contribution in [3.8, 4) is 0 Å². The monoisotopic (exact) mass is 202 g/mol. The van der Waals surface area contributed by atoms with Crippen molar-refractivity contribution in [1.29, 1.82) is 0 Å². The summed E-state index contributed by atoms with van der Waals surface area (Å²) in [6, 6.07) is 0.550. The molecule has 1 atom stereocenters. The van der Waals surface area contributed by atoms with E-state index in [1.54, 1.807) is 0 Å². The van der Waals surface area contributed by atoms with E-state index in [4.69, 9.17) is 5.11 Å². The lowest BCUT2D eigenvalue weighted by atomic mass is 10.2. The molecule has 2 N–H and O–H groups in total. The van der Waals surface area contributed by atoms with Crippen molar-refractivity contribution in [2.45, 2.75) is 39.7 Å². The first-order valence-electron chi connectivity index (χ1n) is 5.81. The average molecular weight is 202 g/mol. The molecule has 0 aliphatic rings. The van der Waals surface area contributed by atoms with Crippen LogP contribution in [0, 0.1) is 0 Å². The van der Waals surface area contributed by atoms with E-state index in [0.29, 0.717) is 12.6 Å². The van der Waals surface area contributed by atoms with E-state index >= 15 is 0 Å². The van der Waals surface area contributed by atoms with Gasteiger partial charge in [-0.3, -0.25) is 0 Å². The van der Waals surface area contributed by atoms with Crippen molar-refractivity contribution >= 4 is 0 Å². The minimum Gasteiger partial charge on any atom is -0.396 e. The molecule has 0 aromatic carbocycles. The minimum absolute atomic E-state index is 0.312. The molecule has 3 nitrogen and oxygen atoms in total. The van der Waals surface area contributed by atoms with Gasteiger partial charge >= 0.3 is 0 Å². The fraction of sp³-hybridized carbons (Fsp3) is 1.00. The van der Waals surface area contributed by atoms with Gasteiger partial charge in [-0.05, 0) is 39.4 Å². The van der Waals surface area contributed by atoms with Gasteiger partial charge in [-0.25, -0.2) is 0 Å². The summed E-state index contributed by atoms with van der Waals surface area (Å²) in [6.45, 7) is 11.3. The highest BCUT2D eigenvalue weighted by molar-refractivity contribution is 4.65. The quantitative estimate of drug-likeness (QED) is 0.549. The molecule has 0 spiro atoms. The Labute approximate surface area is 88.5 Å². The van der Waals surface area contributed by atoms with Gasteiger partial charge < -0.3 is 15.3 Å². The number of nitrogens with zero attached hydrogens (tertiary/aromatic N) is 1. The second-order valence-electron chi connectivity index (χ2n) is 3.77. The van der Waals surface area contributed by atoms with E-state index in [1.807, 2.05) is 0 Å². The number of aliphatic hydroxyl groups excluding tert-OH is 1. The Morgan fingerprint density at radius 3 is 2.36 bits per heavy atom. The zero-order valence-electron chi connectivity index (χ0n) is 9.92. The fourth-order valence-corrected chi connectivity index (χ4v) is 1.52. The Kier molecular flexibility index (Phi) is 9.35. The lowest BCUT2D eigenvalue weighted by Crippen LogP contribution is -2.39. The van der Waals surface area contributed by atoms with Crippen LogP contribution in [-0.4, -0.2) is 48.8 Å². The van der Waals surface area contributed by atoms with Crippen molar-refractivity contribution < 1.29 is 5.11 Å². The van der Waals surface area contributed by atoms with E-state index < -0.39 is 0 Å². The third-order valence-corrected chi connectivity index (χ3v) is 2.50. The summed E-state index contributed by atoms with van der Waals surface area (Å²) >= 11 is 0. The number of hydrogen-bond acceptors (Lipinski definition) is 3. The Morgan fingerprint density at radius 1 is 1.21 bits per heavy atom. The Balaban J connectivity index is 3.38. The molecular weight excluding hydrogens is 176 g/mol. The second kappa shape index (κ2) is 9.44. The molecule has 14 heavy (non-hydrogen) atoms. The number of unbranched alkanes of at least 4 members (excludes halogenated alkanes) is 1. The van der Waals surface area contributed by atoms with Gasteiger partial charge in [0.05, 0.1) is 0 Å². The van der Waals surface area contributed by atoms with Crippen LogP contribution in [0.15, 0.2) is 0 Å². The first kappa shape index (κ1) is 13.9. The summed E-state index contributed by atoms with van der Waals surface area (Å²) < 4.78 is 0.